The molecule has 1 heterocycles. The molecule has 0 aliphatic heterocycles. The third-order valence-corrected chi connectivity index (χ3v) is 4.53. The number of halogens is 1. The van der Waals surface area contributed by atoms with E-state index in [4.69, 9.17) is 18.0 Å². The first-order valence-corrected chi connectivity index (χ1v) is 9.12. The molecule has 0 radical (unpaired) electrons. The highest BCUT2D eigenvalue weighted by atomic mass is 35.5. The fourth-order valence-corrected chi connectivity index (χ4v) is 3.11. The van der Waals surface area contributed by atoms with Crippen molar-refractivity contribution in [2.24, 2.45) is 11.8 Å². The topological polar surface area (TPSA) is 52.2 Å². The zero-order chi connectivity index (χ0) is 19.0. The van der Waals surface area contributed by atoms with E-state index in [1.54, 1.807) is 25.2 Å². The van der Waals surface area contributed by atoms with Crippen molar-refractivity contribution < 1.29 is 4.79 Å². The van der Waals surface area contributed by atoms with Gasteiger partial charge in [0, 0.05) is 44.2 Å². The van der Waals surface area contributed by atoms with E-state index in [-0.39, 0.29) is 17.9 Å². The maximum atomic E-state index is 12.2. The van der Waals surface area contributed by atoms with Crippen LogP contribution in [0.5, 0.6) is 0 Å². The van der Waals surface area contributed by atoms with E-state index in [1.807, 2.05) is 24.8 Å². The van der Waals surface area contributed by atoms with Gasteiger partial charge in [-0.05, 0) is 37.8 Å². The van der Waals surface area contributed by atoms with Crippen molar-refractivity contribution in [3.8, 4) is 12.3 Å². The molecule has 6 heteroatoms. The Morgan fingerprint density at radius 3 is 2.68 bits per heavy atom. The second kappa shape index (κ2) is 10.1. The Morgan fingerprint density at radius 1 is 1.48 bits per heavy atom. The van der Waals surface area contributed by atoms with E-state index in [0.29, 0.717) is 19.0 Å². The highest BCUT2D eigenvalue weighted by molar-refractivity contribution is 6.20. The number of aromatic nitrogens is 2. The van der Waals surface area contributed by atoms with Crippen LogP contribution in [-0.4, -0.2) is 59.1 Å². The summed E-state index contributed by atoms with van der Waals surface area (Å²) in [6.45, 7) is 7.52. The SMILES string of the molecule is C#CC(C)/C(=c1/cn[nH]/c1=C/CCl)C(C)CCN(CC)C(=O)N(C)C. The molecule has 1 N–H and O–H groups in total. The molecule has 1 rings (SSSR count). The number of nitrogens with zero attached hydrogens (tertiary/aromatic N) is 3. The van der Waals surface area contributed by atoms with Crippen molar-refractivity contribution >= 4 is 29.3 Å². The minimum absolute atomic E-state index is 0.0188. The number of nitrogens with one attached hydrogen (secondary N) is 1. The van der Waals surface area contributed by atoms with E-state index >= 15 is 0 Å². The molecule has 0 aliphatic rings. The summed E-state index contributed by atoms with van der Waals surface area (Å²) in [6.07, 6.45) is 10.2. The number of carbonyl (C=O) groups excluding carboxylic acids is 1. The first-order valence-electron chi connectivity index (χ1n) is 8.59. The standard InChI is InChI=1S/C19H29ClN4O/c1-7-14(3)18(16-13-21-22-17(16)9-11-20)15(4)10-12-24(8-2)19(25)23(5)6/h1,9,13-15,22H,8,10-12H2,2-6H3/b17-9+,18-16+. The van der Waals surface area contributed by atoms with Crippen molar-refractivity contribution in [3.05, 3.63) is 16.8 Å². The van der Waals surface area contributed by atoms with Crippen LogP contribution in [0.25, 0.3) is 11.6 Å². The lowest BCUT2D eigenvalue weighted by Gasteiger charge is -2.27. The predicted octanol–water partition coefficient (Wildman–Crippen LogP) is 1.88. The molecule has 0 aromatic carbocycles. The van der Waals surface area contributed by atoms with Gasteiger partial charge in [0.15, 0.2) is 0 Å². The van der Waals surface area contributed by atoms with Crippen LogP contribution < -0.4 is 10.6 Å². The van der Waals surface area contributed by atoms with E-state index < -0.39 is 0 Å². The molecule has 0 aliphatic carbocycles. The summed E-state index contributed by atoms with van der Waals surface area (Å²) in [6, 6.07) is 0.0284. The molecule has 138 valence electrons. The van der Waals surface area contributed by atoms with E-state index in [2.05, 4.69) is 23.0 Å². The largest absolute Gasteiger partial charge is 0.331 e. The number of rotatable bonds is 7. The highest BCUT2D eigenvalue weighted by Gasteiger charge is 2.19. The molecular weight excluding hydrogens is 336 g/mol. The van der Waals surface area contributed by atoms with Gasteiger partial charge >= 0.3 is 6.03 Å². The lowest BCUT2D eigenvalue weighted by Crippen LogP contribution is -2.40. The summed E-state index contributed by atoms with van der Waals surface area (Å²) in [5.41, 5.74) is 1.15. The Bertz CT molecular complexity index is 717. The summed E-state index contributed by atoms with van der Waals surface area (Å²) in [5, 5.41) is 9.04. The van der Waals surface area contributed by atoms with Crippen LogP contribution in [0, 0.1) is 24.2 Å². The Kier molecular flexibility index (Phi) is 8.57. The minimum Gasteiger partial charge on any atom is -0.331 e. The number of H-pyrrole nitrogens is 1. The number of terminal acetylenes is 1. The number of amides is 2. The van der Waals surface area contributed by atoms with Crippen LogP contribution in [0.3, 0.4) is 0 Å². The van der Waals surface area contributed by atoms with Crippen molar-refractivity contribution in [1.82, 2.24) is 20.0 Å². The van der Waals surface area contributed by atoms with Crippen LogP contribution in [0.15, 0.2) is 6.20 Å². The van der Waals surface area contributed by atoms with Gasteiger partial charge in [0.2, 0.25) is 0 Å². The fourth-order valence-electron chi connectivity index (χ4n) is 2.95. The quantitative estimate of drug-likeness (QED) is 0.593. The normalized spacial score (nSPS) is 15.3. The van der Waals surface area contributed by atoms with Crippen LogP contribution in [0.2, 0.25) is 0 Å². The van der Waals surface area contributed by atoms with Crippen LogP contribution >= 0.6 is 11.6 Å². The van der Waals surface area contributed by atoms with Crippen molar-refractivity contribution in [2.75, 3.05) is 33.1 Å². The molecule has 0 fully saturated rings. The molecule has 25 heavy (non-hydrogen) atoms. The Morgan fingerprint density at radius 2 is 2.16 bits per heavy atom. The molecule has 0 saturated carbocycles. The molecule has 0 bridgehead atoms. The smallest absolute Gasteiger partial charge is 0.319 e. The molecular formula is C19H29ClN4O. The molecule has 1 aromatic heterocycles. The molecule has 5 nitrogen and oxygen atoms in total. The summed E-state index contributed by atoms with van der Waals surface area (Å²) in [7, 11) is 3.54. The first-order chi connectivity index (χ1) is 11.9. The van der Waals surface area contributed by atoms with Gasteiger partial charge in [-0.3, -0.25) is 5.10 Å². The molecule has 0 saturated heterocycles. The van der Waals surface area contributed by atoms with Crippen LogP contribution in [0.1, 0.15) is 27.2 Å². The van der Waals surface area contributed by atoms with Crippen LogP contribution in [-0.2, 0) is 0 Å². The molecule has 2 unspecified atom stereocenters. The second-order valence-electron chi connectivity index (χ2n) is 6.35. The Labute approximate surface area is 155 Å². The van der Waals surface area contributed by atoms with Crippen molar-refractivity contribution in [3.63, 3.8) is 0 Å². The minimum atomic E-state index is -0.0188. The van der Waals surface area contributed by atoms with Gasteiger partial charge in [0.25, 0.3) is 0 Å². The molecule has 0 spiro atoms. The fraction of sp³-hybridized carbons (Fsp3) is 0.579. The number of hydrogen-bond donors (Lipinski definition) is 1. The first kappa shape index (κ1) is 21.1. The number of urea groups is 1. The van der Waals surface area contributed by atoms with Gasteiger partial charge in [-0.15, -0.1) is 18.0 Å². The molecule has 2 amide bonds. The zero-order valence-corrected chi connectivity index (χ0v) is 16.6. The van der Waals surface area contributed by atoms with E-state index in [1.165, 1.54) is 0 Å². The summed E-state index contributed by atoms with van der Waals surface area (Å²) in [5.74, 6) is 3.44. The van der Waals surface area contributed by atoms with Gasteiger partial charge < -0.3 is 9.80 Å². The lowest BCUT2D eigenvalue weighted by molar-refractivity contribution is 0.171. The maximum Gasteiger partial charge on any atom is 0.319 e. The van der Waals surface area contributed by atoms with Crippen LogP contribution in [0.4, 0.5) is 4.79 Å². The summed E-state index contributed by atoms with van der Waals surface area (Å²) >= 11 is 5.85. The van der Waals surface area contributed by atoms with Gasteiger partial charge in [-0.1, -0.05) is 12.8 Å². The average Bonchev–Trinajstić information content (AvgIpc) is 3.03. The Balaban J connectivity index is 3.14. The van der Waals surface area contributed by atoms with Crippen molar-refractivity contribution in [1.29, 1.82) is 0 Å². The van der Waals surface area contributed by atoms with Gasteiger partial charge in [0.05, 0.1) is 11.5 Å². The highest BCUT2D eigenvalue weighted by Crippen LogP contribution is 2.23. The van der Waals surface area contributed by atoms with Gasteiger partial charge in [0.1, 0.15) is 0 Å². The monoisotopic (exact) mass is 364 g/mol. The third-order valence-electron chi connectivity index (χ3n) is 4.38. The van der Waals surface area contributed by atoms with E-state index in [9.17, 15) is 4.79 Å². The number of alkyl halides is 1. The number of carbonyl (C=O) groups is 1. The average molecular weight is 365 g/mol. The molecule has 1 aromatic rings. The second-order valence-corrected chi connectivity index (χ2v) is 6.65. The number of aromatic amines is 1. The predicted molar refractivity (Wildman–Crippen MR) is 105 cm³/mol. The lowest BCUT2D eigenvalue weighted by atomic mass is 9.87. The summed E-state index contributed by atoms with van der Waals surface area (Å²) in [4.78, 5) is 15.6. The zero-order valence-electron chi connectivity index (χ0n) is 15.8. The summed E-state index contributed by atoms with van der Waals surface area (Å²) < 4.78 is 0. The number of hydrogen-bond acceptors (Lipinski definition) is 2. The van der Waals surface area contributed by atoms with E-state index in [0.717, 1.165) is 22.6 Å². The van der Waals surface area contributed by atoms with Gasteiger partial charge in [-0.2, -0.15) is 5.10 Å². The van der Waals surface area contributed by atoms with Gasteiger partial charge in [-0.25, -0.2) is 4.79 Å². The maximum absolute atomic E-state index is 12.2. The third kappa shape index (κ3) is 5.54. The van der Waals surface area contributed by atoms with Crippen molar-refractivity contribution in [2.45, 2.75) is 27.2 Å². The Hall–Kier alpha value is -1.93. The molecule has 2 atom stereocenters.